The molecule has 1 aromatic carbocycles. The normalized spacial score (nSPS) is 10.8. The van der Waals surface area contributed by atoms with Gasteiger partial charge in [0.15, 0.2) is 0 Å². The van der Waals surface area contributed by atoms with E-state index in [-0.39, 0.29) is 0 Å². The predicted molar refractivity (Wildman–Crippen MR) is 76.6 cm³/mol. The van der Waals surface area contributed by atoms with Gasteiger partial charge in [-0.3, -0.25) is 4.98 Å². The van der Waals surface area contributed by atoms with E-state index in [0.29, 0.717) is 5.92 Å². The van der Waals surface area contributed by atoms with Crippen LogP contribution in [0.4, 0.5) is 0 Å². The molecule has 0 aliphatic carbocycles. The number of hydrogen-bond acceptors (Lipinski definition) is 1. The van der Waals surface area contributed by atoms with Gasteiger partial charge in [-0.2, -0.15) is 0 Å². The molecule has 0 radical (unpaired) electrons. The summed E-state index contributed by atoms with van der Waals surface area (Å²) in [7, 11) is 0. The molecule has 18 heavy (non-hydrogen) atoms. The largest absolute Gasteiger partial charge is 0.264 e. The molecule has 0 aliphatic heterocycles. The van der Waals surface area contributed by atoms with Crippen LogP contribution in [-0.4, -0.2) is 4.98 Å². The second kappa shape index (κ2) is 6.34. The quantitative estimate of drug-likeness (QED) is 0.766. The number of aromatic nitrogens is 1. The van der Waals surface area contributed by atoms with Gasteiger partial charge in [0.1, 0.15) is 0 Å². The minimum absolute atomic E-state index is 0.697. The summed E-state index contributed by atoms with van der Waals surface area (Å²) >= 11 is 0. The molecule has 0 saturated heterocycles. The van der Waals surface area contributed by atoms with Crippen LogP contribution in [0.15, 0.2) is 48.8 Å². The maximum atomic E-state index is 4.26. The van der Waals surface area contributed by atoms with Crippen molar-refractivity contribution in [2.24, 2.45) is 5.92 Å². The molecule has 0 atom stereocenters. The first kappa shape index (κ1) is 12.8. The highest BCUT2D eigenvalue weighted by Gasteiger charge is 2.05. The third-order valence-corrected chi connectivity index (χ3v) is 3.16. The molecule has 0 fully saturated rings. The summed E-state index contributed by atoms with van der Waals surface area (Å²) in [6.07, 6.45) is 7.26. The fourth-order valence-corrected chi connectivity index (χ4v) is 2.24. The Morgan fingerprint density at radius 1 is 0.944 bits per heavy atom. The van der Waals surface area contributed by atoms with Gasteiger partial charge in [-0.25, -0.2) is 0 Å². The van der Waals surface area contributed by atoms with Gasteiger partial charge in [-0.15, -0.1) is 0 Å². The summed E-state index contributed by atoms with van der Waals surface area (Å²) in [6.45, 7) is 4.53. The van der Waals surface area contributed by atoms with Crippen LogP contribution in [0.2, 0.25) is 0 Å². The van der Waals surface area contributed by atoms with Crippen LogP contribution < -0.4 is 0 Å². The van der Waals surface area contributed by atoms with Crippen molar-refractivity contribution in [3.8, 4) is 0 Å². The topological polar surface area (TPSA) is 12.9 Å². The van der Waals surface area contributed by atoms with E-state index in [0.717, 1.165) is 19.3 Å². The van der Waals surface area contributed by atoms with Gasteiger partial charge in [0.05, 0.1) is 0 Å². The molecule has 0 N–H and O–H groups in total. The SMILES string of the molecule is CC(C)Cc1ccncc1CCc1ccccc1. The van der Waals surface area contributed by atoms with Gasteiger partial charge in [0.25, 0.3) is 0 Å². The fourth-order valence-electron chi connectivity index (χ4n) is 2.24. The van der Waals surface area contributed by atoms with Crippen molar-refractivity contribution in [1.29, 1.82) is 0 Å². The Morgan fingerprint density at radius 2 is 1.72 bits per heavy atom. The Labute approximate surface area is 110 Å². The molecule has 0 saturated carbocycles. The van der Waals surface area contributed by atoms with E-state index in [1.165, 1.54) is 16.7 Å². The van der Waals surface area contributed by atoms with Gasteiger partial charge in [0, 0.05) is 12.4 Å². The first-order valence-electron chi connectivity index (χ1n) is 6.71. The van der Waals surface area contributed by atoms with E-state index in [4.69, 9.17) is 0 Å². The third kappa shape index (κ3) is 3.69. The number of benzene rings is 1. The molecular weight excluding hydrogens is 218 g/mol. The monoisotopic (exact) mass is 239 g/mol. The minimum atomic E-state index is 0.697. The zero-order valence-corrected chi connectivity index (χ0v) is 11.3. The van der Waals surface area contributed by atoms with Gasteiger partial charge >= 0.3 is 0 Å². The molecule has 2 rings (SSSR count). The first-order valence-corrected chi connectivity index (χ1v) is 6.71. The predicted octanol–water partition coefficient (Wildman–Crippen LogP) is 4.07. The van der Waals surface area contributed by atoms with E-state index in [9.17, 15) is 0 Å². The summed E-state index contributed by atoms with van der Waals surface area (Å²) in [6, 6.07) is 12.8. The molecule has 0 spiro atoms. The Morgan fingerprint density at radius 3 is 2.44 bits per heavy atom. The van der Waals surface area contributed by atoms with Crippen LogP contribution in [0.1, 0.15) is 30.5 Å². The molecule has 0 aliphatic rings. The molecule has 94 valence electrons. The number of nitrogens with zero attached hydrogens (tertiary/aromatic N) is 1. The van der Waals surface area contributed by atoms with Crippen molar-refractivity contribution < 1.29 is 0 Å². The number of pyridine rings is 1. The fraction of sp³-hybridized carbons (Fsp3) is 0.353. The van der Waals surface area contributed by atoms with E-state index < -0.39 is 0 Å². The van der Waals surface area contributed by atoms with E-state index in [1.807, 2.05) is 12.4 Å². The molecule has 1 nitrogen and oxygen atoms in total. The lowest BCUT2D eigenvalue weighted by atomic mass is 9.96. The van der Waals surface area contributed by atoms with Crippen LogP contribution in [0.3, 0.4) is 0 Å². The highest BCUT2D eigenvalue weighted by atomic mass is 14.6. The Kier molecular flexibility index (Phi) is 4.52. The van der Waals surface area contributed by atoms with Crippen LogP contribution in [0.5, 0.6) is 0 Å². The highest BCUT2D eigenvalue weighted by Crippen LogP contribution is 2.15. The smallest absolute Gasteiger partial charge is 0.0302 e. The van der Waals surface area contributed by atoms with Crippen molar-refractivity contribution in [2.45, 2.75) is 33.1 Å². The minimum Gasteiger partial charge on any atom is -0.264 e. The molecule has 0 amide bonds. The number of hydrogen-bond donors (Lipinski definition) is 0. The average Bonchev–Trinajstić information content (AvgIpc) is 2.38. The maximum Gasteiger partial charge on any atom is 0.0302 e. The lowest BCUT2D eigenvalue weighted by Gasteiger charge is -2.11. The van der Waals surface area contributed by atoms with Gasteiger partial charge in [-0.05, 0) is 47.9 Å². The van der Waals surface area contributed by atoms with Crippen molar-refractivity contribution in [3.63, 3.8) is 0 Å². The van der Waals surface area contributed by atoms with E-state index >= 15 is 0 Å². The standard InChI is InChI=1S/C17H21N/c1-14(2)12-16-10-11-18-13-17(16)9-8-15-6-4-3-5-7-15/h3-7,10-11,13-14H,8-9,12H2,1-2H3. The van der Waals surface area contributed by atoms with Gasteiger partial charge in [-0.1, -0.05) is 44.2 Å². The zero-order chi connectivity index (χ0) is 12.8. The van der Waals surface area contributed by atoms with Crippen molar-refractivity contribution in [3.05, 3.63) is 65.5 Å². The second-order valence-corrected chi connectivity index (χ2v) is 5.23. The van der Waals surface area contributed by atoms with Crippen LogP contribution in [0, 0.1) is 5.92 Å². The van der Waals surface area contributed by atoms with Crippen LogP contribution >= 0.6 is 0 Å². The highest BCUT2D eigenvalue weighted by molar-refractivity contribution is 5.25. The third-order valence-electron chi connectivity index (χ3n) is 3.16. The van der Waals surface area contributed by atoms with Crippen LogP contribution in [0.25, 0.3) is 0 Å². The van der Waals surface area contributed by atoms with E-state index in [2.05, 4.69) is 55.2 Å². The zero-order valence-electron chi connectivity index (χ0n) is 11.3. The molecule has 0 bridgehead atoms. The maximum absolute atomic E-state index is 4.26. The lowest BCUT2D eigenvalue weighted by molar-refractivity contribution is 0.641. The van der Waals surface area contributed by atoms with Crippen molar-refractivity contribution in [2.75, 3.05) is 0 Å². The molecule has 1 heterocycles. The summed E-state index contributed by atoms with van der Waals surface area (Å²) in [5.41, 5.74) is 4.25. The summed E-state index contributed by atoms with van der Waals surface area (Å²) in [5.74, 6) is 0.697. The Balaban J connectivity index is 2.05. The molecule has 1 aromatic heterocycles. The average molecular weight is 239 g/mol. The Hall–Kier alpha value is -1.63. The van der Waals surface area contributed by atoms with Crippen molar-refractivity contribution >= 4 is 0 Å². The summed E-state index contributed by atoms with van der Waals surface area (Å²) in [5, 5.41) is 0. The van der Waals surface area contributed by atoms with Gasteiger partial charge in [0.2, 0.25) is 0 Å². The number of aryl methyl sites for hydroxylation is 2. The molecule has 1 heteroatoms. The lowest BCUT2D eigenvalue weighted by Crippen LogP contribution is -2.01. The second-order valence-electron chi connectivity index (χ2n) is 5.23. The first-order chi connectivity index (χ1) is 8.75. The Bertz CT molecular complexity index is 474. The van der Waals surface area contributed by atoms with Gasteiger partial charge < -0.3 is 0 Å². The summed E-state index contributed by atoms with van der Waals surface area (Å²) < 4.78 is 0. The molecule has 2 aromatic rings. The van der Waals surface area contributed by atoms with Crippen LogP contribution in [-0.2, 0) is 19.3 Å². The molecular formula is C17H21N. The number of rotatable bonds is 5. The molecule has 0 unspecified atom stereocenters. The van der Waals surface area contributed by atoms with E-state index in [1.54, 1.807) is 0 Å². The summed E-state index contributed by atoms with van der Waals surface area (Å²) in [4.78, 5) is 4.26. The van der Waals surface area contributed by atoms with Crippen molar-refractivity contribution in [1.82, 2.24) is 4.98 Å².